The quantitative estimate of drug-likeness (QED) is 0.882. The minimum atomic E-state index is 0.587. The highest BCUT2D eigenvalue weighted by Gasteiger charge is 2.12. The highest BCUT2D eigenvalue weighted by atomic mass is 79.9. The Kier molecular flexibility index (Phi) is 3.31. The van der Waals surface area contributed by atoms with Crippen LogP contribution < -0.4 is 11.1 Å². The van der Waals surface area contributed by atoms with Crippen molar-refractivity contribution in [1.82, 2.24) is 5.32 Å². The molecule has 0 aromatic heterocycles. The van der Waals surface area contributed by atoms with Gasteiger partial charge in [0.05, 0.1) is 5.82 Å². The molecule has 0 radical (unpaired) electrons. The monoisotopic (exact) mass is 266 g/mol. The molecule has 80 valence electrons. The van der Waals surface area contributed by atoms with Crippen molar-refractivity contribution in [2.45, 2.75) is 12.8 Å². The van der Waals surface area contributed by atoms with Gasteiger partial charge in [-0.05, 0) is 42.5 Å². The van der Waals surface area contributed by atoms with Crippen molar-refractivity contribution < 1.29 is 0 Å². The van der Waals surface area contributed by atoms with E-state index in [9.17, 15) is 0 Å². The molecule has 0 spiro atoms. The van der Waals surface area contributed by atoms with Crippen LogP contribution in [0.5, 0.6) is 0 Å². The van der Waals surface area contributed by atoms with Crippen LogP contribution in [0.4, 0.5) is 0 Å². The Hall–Kier alpha value is -0.960. The summed E-state index contributed by atoms with van der Waals surface area (Å²) in [5.74, 6) is 1.42. The number of benzene rings is 1. The number of hydrogen-bond acceptors (Lipinski definition) is 2. The lowest BCUT2D eigenvalue weighted by atomic mass is 10.0. The fourth-order valence-electron chi connectivity index (χ4n) is 1.85. The summed E-state index contributed by atoms with van der Waals surface area (Å²) < 4.78 is 1.15. The second-order valence-electron chi connectivity index (χ2n) is 3.93. The zero-order valence-electron chi connectivity index (χ0n) is 8.54. The number of aryl methyl sites for hydroxylation is 1. The van der Waals surface area contributed by atoms with Gasteiger partial charge in [-0.2, -0.15) is 0 Å². The second kappa shape index (κ2) is 4.71. The number of nitrogens with two attached hydrogens (primary N) is 1. The van der Waals surface area contributed by atoms with Crippen molar-refractivity contribution in [1.29, 1.82) is 0 Å². The SMILES string of the molecule is NC1=C[C@H](CCc2cccc(Br)c2)CN1. The molecule has 0 saturated heterocycles. The smallest absolute Gasteiger partial charge is 0.0922 e. The minimum absolute atomic E-state index is 0.587. The van der Waals surface area contributed by atoms with Gasteiger partial charge in [-0.3, -0.25) is 0 Å². The summed E-state index contributed by atoms with van der Waals surface area (Å²) in [7, 11) is 0. The minimum Gasteiger partial charge on any atom is -0.386 e. The summed E-state index contributed by atoms with van der Waals surface area (Å²) in [6.45, 7) is 0.986. The summed E-state index contributed by atoms with van der Waals surface area (Å²) in [4.78, 5) is 0. The van der Waals surface area contributed by atoms with E-state index in [1.807, 2.05) is 0 Å². The van der Waals surface area contributed by atoms with Crippen LogP contribution in [-0.4, -0.2) is 6.54 Å². The van der Waals surface area contributed by atoms with Gasteiger partial charge in [0, 0.05) is 11.0 Å². The van der Waals surface area contributed by atoms with Crippen molar-refractivity contribution >= 4 is 15.9 Å². The first-order chi connectivity index (χ1) is 7.24. The molecule has 3 N–H and O–H groups in total. The van der Waals surface area contributed by atoms with E-state index in [1.54, 1.807) is 0 Å². The molecule has 0 saturated carbocycles. The van der Waals surface area contributed by atoms with Crippen LogP contribution in [0, 0.1) is 5.92 Å². The van der Waals surface area contributed by atoms with Gasteiger partial charge < -0.3 is 11.1 Å². The van der Waals surface area contributed by atoms with Gasteiger partial charge in [0.2, 0.25) is 0 Å². The molecule has 15 heavy (non-hydrogen) atoms. The summed E-state index contributed by atoms with van der Waals surface area (Å²) in [6, 6.07) is 8.48. The molecule has 1 aromatic rings. The largest absolute Gasteiger partial charge is 0.386 e. The maximum absolute atomic E-state index is 5.66. The van der Waals surface area contributed by atoms with Gasteiger partial charge in [-0.1, -0.05) is 28.1 Å². The number of rotatable bonds is 3. The maximum Gasteiger partial charge on any atom is 0.0922 e. The molecule has 0 aliphatic carbocycles. The average molecular weight is 267 g/mol. The zero-order chi connectivity index (χ0) is 10.7. The lowest BCUT2D eigenvalue weighted by Crippen LogP contribution is -2.16. The molecular weight excluding hydrogens is 252 g/mol. The third kappa shape index (κ3) is 2.99. The topological polar surface area (TPSA) is 38.0 Å². The Morgan fingerprint density at radius 3 is 3.00 bits per heavy atom. The normalized spacial score (nSPS) is 19.8. The first-order valence-electron chi connectivity index (χ1n) is 5.19. The Bertz CT molecular complexity index is 374. The molecule has 3 heteroatoms. The van der Waals surface area contributed by atoms with Crippen LogP contribution in [0.3, 0.4) is 0 Å². The van der Waals surface area contributed by atoms with E-state index in [4.69, 9.17) is 5.73 Å². The van der Waals surface area contributed by atoms with E-state index in [1.165, 1.54) is 5.56 Å². The maximum atomic E-state index is 5.66. The standard InChI is InChI=1S/C12H15BrN2/c13-11-3-1-2-9(6-11)4-5-10-7-12(14)15-8-10/h1-3,6-7,10,15H,4-5,8,14H2/t10-/m0/s1. The molecule has 0 bridgehead atoms. The lowest BCUT2D eigenvalue weighted by molar-refractivity contribution is 0.596. The van der Waals surface area contributed by atoms with Crippen molar-refractivity contribution in [2.24, 2.45) is 11.7 Å². The molecule has 1 aliphatic heterocycles. The summed E-state index contributed by atoms with van der Waals surface area (Å²) in [6.07, 6.45) is 4.39. The highest BCUT2D eigenvalue weighted by Crippen LogP contribution is 2.17. The third-order valence-electron chi connectivity index (χ3n) is 2.68. The van der Waals surface area contributed by atoms with Crippen molar-refractivity contribution in [3.05, 3.63) is 46.2 Å². The Labute approximate surface area is 98.7 Å². The van der Waals surface area contributed by atoms with Gasteiger partial charge in [-0.15, -0.1) is 0 Å². The predicted molar refractivity (Wildman–Crippen MR) is 66.2 cm³/mol. The molecule has 2 rings (SSSR count). The van der Waals surface area contributed by atoms with Gasteiger partial charge in [0.1, 0.15) is 0 Å². The zero-order valence-corrected chi connectivity index (χ0v) is 10.1. The number of nitrogens with one attached hydrogen (secondary N) is 1. The van der Waals surface area contributed by atoms with Crippen molar-refractivity contribution in [3.63, 3.8) is 0 Å². The van der Waals surface area contributed by atoms with E-state index >= 15 is 0 Å². The first kappa shape index (κ1) is 10.6. The predicted octanol–water partition coefficient (Wildman–Crippen LogP) is 2.40. The van der Waals surface area contributed by atoms with Crippen LogP contribution in [0.1, 0.15) is 12.0 Å². The molecule has 1 aliphatic rings. The fraction of sp³-hybridized carbons (Fsp3) is 0.333. The molecule has 0 amide bonds. The molecule has 1 atom stereocenters. The van der Waals surface area contributed by atoms with Crippen molar-refractivity contribution in [3.8, 4) is 0 Å². The number of hydrogen-bond donors (Lipinski definition) is 2. The average Bonchev–Trinajstić information content (AvgIpc) is 2.62. The fourth-order valence-corrected chi connectivity index (χ4v) is 2.30. The lowest BCUT2D eigenvalue weighted by Gasteiger charge is -2.06. The van der Waals surface area contributed by atoms with E-state index in [0.29, 0.717) is 5.92 Å². The van der Waals surface area contributed by atoms with Gasteiger partial charge in [0.15, 0.2) is 0 Å². The molecule has 2 nitrogen and oxygen atoms in total. The Morgan fingerprint density at radius 1 is 1.47 bits per heavy atom. The van der Waals surface area contributed by atoms with E-state index < -0.39 is 0 Å². The highest BCUT2D eigenvalue weighted by molar-refractivity contribution is 9.10. The van der Waals surface area contributed by atoms with Crippen LogP contribution in [0.2, 0.25) is 0 Å². The summed E-state index contributed by atoms with van der Waals surface area (Å²) >= 11 is 3.48. The van der Waals surface area contributed by atoms with E-state index in [0.717, 1.165) is 29.7 Å². The molecule has 0 unspecified atom stereocenters. The van der Waals surface area contributed by atoms with Gasteiger partial charge >= 0.3 is 0 Å². The summed E-state index contributed by atoms with van der Waals surface area (Å²) in [5, 5.41) is 3.15. The molecular formula is C12H15BrN2. The van der Waals surface area contributed by atoms with Crippen LogP contribution in [0.15, 0.2) is 40.6 Å². The molecule has 0 fully saturated rings. The van der Waals surface area contributed by atoms with Crippen LogP contribution in [-0.2, 0) is 6.42 Å². The van der Waals surface area contributed by atoms with E-state index in [-0.39, 0.29) is 0 Å². The van der Waals surface area contributed by atoms with Gasteiger partial charge in [0.25, 0.3) is 0 Å². The first-order valence-corrected chi connectivity index (χ1v) is 5.99. The Balaban J connectivity index is 1.88. The summed E-state index contributed by atoms with van der Waals surface area (Å²) in [5.41, 5.74) is 7.04. The Morgan fingerprint density at radius 2 is 2.33 bits per heavy atom. The van der Waals surface area contributed by atoms with Gasteiger partial charge in [-0.25, -0.2) is 0 Å². The van der Waals surface area contributed by atoms with Crippen molar-refractivity contribution in [2.75, 3.05) is 6.54 Å². The number of halogens is 1. The van der Waals surface area contributed by atoms with Crippen LogP contribution >= 0.6 is 15.9 Å². The molecule has 1 aromatic carbocycles. The van der Waals surface area contributed by atoms with Crippen LogP contribution in [0.25, 0.3) is 0 Å². The molecule has 1 heterocycles. The second-order valence-corrected chi connectivity index (χ2v) is 4.85. The third-order valence-corrected chi connectivity index (χ3v) is 3.17. The van der Waals surface area contributed by atoms with E-state index in [2.05, 4.69) is 51.6 Å².